The molecule has 0 saturated heterocycles. The zero-order chi connectivity index (χ0) is 38.0. The van der Waals surface area contributed by atoms with E-state index in [0.717, 1.165) is 45.9 Å². The van der Waals surface area contributed by atoms with Crippen LogP contribution in [0.1, 0.15) is 79.0 Å². The Morgan fingerprint density at radius 2 is 1.28 bits per heavy atom. The molecule has 0 saturated carbocycles. The number of anilines is 7. The van der Waals surface area contributed by atoms with Crippen molar-refractivity contribution >= 4 is 64.0 Å². The first-order chi connectivity index (χ1) is 25.6. The Labute approximate surface area is 326 Å². The second-order valence-electron chi connectivity index (χ2n) is 17.3. The first-order valence-corrected chi connectivity index (χ1v) is 20.3. The van der Waals surface area contributed by atoms with Crippen LogP contribution in [0, 0.1) is 0 Å². The van der Waals surface area contributed by atoms with Crippen molar-refractivity contribution in [1.82, 2.24) is 15.0 Å². The molecule has 0 radical (unpaired) electrons. The fourth-order valence-corrected chi connectivity index (χ4v) is 9.06. The number of aromatic nitrogens is 3. The van der Waals surface area contributed by atoms with E-state index in [0.29, 0.717) is 6.67 Å². The predicted octanol–water partition coefficient (Wildman–Crippen LogP) is 10.2. The molecule has 0 N–H and O–H groups in total. The first kappa shape index (κ1) is 35.8. The van der Waals surface area contributed by atoms with Crippen LogP contribution < -0.4 is 28.4 Å². The van der Waals surface area contributed by atoms with E-state index >= 15 is 0 Å². The van der Waals surface area contributed by atoms with Crippen molar-refractivity contribution in [2.24, 2.45) is 0 Å². The van der Waals surface area contributed by atoms with E-state index in [9.17, 15) is 0 Å². The van der Waals surface area contributed by atoms with Gasteiger partial charge in [0.05, 0.1) is 0 Å². The fourth-order valence-electron chi connectivity index (χ4n) is 6.95. The standard InChI is InChI=1S/C46H48N6OSe/c1-44(2,3)30-17-21-48-42(25-30)52-38-27-36(15-16-40(38)54-41-18-20-47-28-39(41)52)53-35-13-10-12-33(26-35)51-29-50(37-14-11-19-49-43(37)51)34-23-31(45(4,5)6)22-32(24-34)46(7,8)9/h10-28H,29H2,1-9H3. The van der Waals surface area contributed by atoms with E-state index in [1.54, 1.807) is 0 Å². The molecule has 2 aliphatic heterocycles. The zero-order valence-corrected chi connectivity index (χ0v) is 34.4. The van der Waals surface area contributed by atoms with Gasteiger partial charge >= 0.3 is 240 Å². The molecule has 0 fully saturated rings. The fraction of sp³-hybridized carbons (Fsp3) is 0.283. The predicted molar refractivity (Wildman–Crippen MR) is 224 cm³/mol. The van der Waals surface area contributed by atoms with E-state index in [4.69, 9.17) is 14.7 Å². The number of nitrogens with zero attached hydrogens (tertiary/aromatic N) is 6. The van der Waals surface area contributed by atoms with Crippen molar-refractivity contribution in [3.05, 3.63) is 132 Å². The molecule has 0 atom stereocenters. The molecule has 6 aromatic rings. The van der Waals surface area contributed by atoms with E-state index in [-0.39, 0.29) is 31.2 Å². The van der Waals surface area contributed by atoms with Gasteiger partial charge in [-0.1, -0.05) is 47.6 Å². The molecule has 2 aliphatic rings. The van der Waals surface area contributed by atoms with Crippen LogP contribution in [0.25, 0.3) is 0 Å². The van der Waals surface area contributed by atoms with Gasteiger partial charge in [0, 0.05) is 0 Å². The molecular formula is C46H48N6OSe. The second kappa shape index (κ2) is 13.3. The molecule has 54 heavy (non-hydrogen) atoms. The number of fused-ring (bicyclic) bond motifs is 3. The quantitative estimate of drug-likeness (QED) is 0.161. The molecule has 0 unspecified atom stereocenters. The maximum Gasteiger partial charge on any atom is -0.0131 e. The summed E-state index contributed by atoms with van der Waals surface area (Å²) < 4.78 is 9.24. The Balaban J connectivity index is 1.13. The SMILES string of the molecule is CC(C)(C)c1cc(N2CN(c3cccc(Oc4ccc5c(c4)N(c4cc(C(C)(C)C)ccn4)c4cnccc4[Se]5)c3)c3ncccc32)cc(C(C)(C)C)c1. The number of rotatable bonds is 5. The van der Waals surface area contributed by atoms with Crippen LogP contribution in [0.4, 0.5) is 40.1 Å². The maximum absolute atomic E-state index is 6.68. The summed E-state index contributed by atoms with van der Waals surface area (Å²) in [6.07, 6.45) is 7.63. The Hall–Kier alpha value is -5.17. The molecule has 0 bridgehead atoms. The summed E-state index contributed by atoms with van der Waals surface area (Å²) in [7, 11) is 0. The van der Waals surface area contributed by atoms with Crippen LogP contribution in [0.3, 0.4) is 0 Å². The van der Waals surface area contributed by atoms with Crippen molar-refractivity contribution in [3.63, 3.8) is 0 Å². The van der Waals surface area contributed by atoms with Crippen LogP contribution in [-0.2, 0) is 16.2 Å². The first-order valence-electron chi connectivity index (χ1n) is 18.6. The third kappa shape index (κ3) is 6.85. The third-order valence-corrected chi connectivity index (χ3v) is 12.5. The summed E-state index contributed by atoms with van der Waals surface area (Å²) in [5, 5.41) is 0. The number of hydrogen-bond acceptors (Lipinski definition) is 7. The van der Waals surface area contributed by atoms with Crippen molar-refractivity contribution in [1.29, 1.82) is 0 Å². The van der Waals surface area contributed by atoms with Gasteiger partial charge in [0.1, 0.15) is 0 Å². The number of hydrogen-bond donors (Lipinski definition) is 0. The molecular weight excluding hydrogens is 732 g/mol. The molecule has 7 nitrogen and oxygen atoms in total. The molecule has 8 rings (SSSR count). The zero-order valence-electron chi connectivity index (χ0n) is 32.7. The minimum Gasteiger partial charge on any atom is -0.0561 e. The van der Waals surface area contributed by atoms with E-state index in [1.807, 2.05) is 36.9 Å². The summed E-state index contributed by atoms with van der Waals surface area (Å²) in [5.41, 5.74) is 9.32. The van der Waals surface area contributed by atoms with Gasteiger partial charge in [-0.15, -0.1) is 0 Å². The topological polar surface area (TPSA) is 57.6 Å². The monoisotopic (exact) mass is 780 g/mol. The molecule has 274 valence electrons. The molecule has 3 aromatic carbocycles. The summed E-state index contributed by atoms with van der Waals surface area (Å²) >= 11 is 0.117. The maximum atomic E-state index is 6.68. The van der Waals surface area contributed by atoms with Crippen molar-refractivity contribution in [2.75, 3.05) is 21.4 Å². The van der Waals surface area contributed by atoms with Gasteiger partial charge in [-0.05, 0) is 40.2 Å². The Morgan fingerprint density at radius 1 is 0.556 bits per heavy atom. The van der Waals surface area contributed by atoms with E-state index in [1.165, 1.54) is 31.3 Å². The Bertz CT molecular complexity index is 2340. The van der Waals surface area contributed by atoms with Crippen molar-refractivity contribution in [2.45, 2.75) is 78.6 Å². The molecule has 3 aromatic heterocycles. The van der Waals surface area contributed by atoms with Gasteiger partial charge in [0.15, 0.2) is 0 Å². The van der Waals surface area contributed by atoms with Gasteiger partial charge in [-0.2, -0.15) is 0 Å². The minimum absolute atomic E-state index is 0.0117. The second-order valence-corrected chi connectivity index (χ2v) is 19.5. The van der Waals surface area contributed by atoms with E-state index < -0.39 is 0 Å². The molecule has 8 heteroatoms. The van der Waals surface area contributed by atoms with Crippen molar-refractivity contribution < 1.29 is 4.74 Å². The molecule has 0 spiro atoms. The molecule has 5 heterocycles. The Kier molecular flexibility index (Phi) is 8.82. The normalized spacial score (nSPS) is 14.1. The smallest absolute Gasteiger partial charge is 0.0131 e. The van der Waals surface area contributed by atoms with Crippen LogP contribution in [0.5, 0.6) is 11.5 Å². The van der Waals surface area contributed by atoms with Crippen LogP contribution in [0.2, 0.25) is 0 Å². The number of pyridine rings is 3. The van der Waals surface area contributed by atoms with Crippen LogP contribution >= 0.6 is 0 Å². The minimum atomic E-state index is -0.0117. The molecule has 0 amide bonds. The van der Waals surface area contributed by atoms with Crippen molar-refractivity contribution in [3.8, 4) is 11.5 Å². The van der Waals surface area contributed by atoms with Gasteiger partial charge in [-0.25, -0.2) is 0 Å². The summed E-state index contributed by atoms with van der Waals surface area (Å²) in [6.45, 7) is 21.0. The number of ether oxygens (including phenoxy) is 1. The molecule has 0 aliphatic carbocycles. The van der Waals surface area contributed by atoms with E-state index in [2.05, 4.69) is 161 Å². The van der Waals surface area contributed by atoms with Gasteiger partial charge in [0.25, 0.3) is 0 Å². The van der Waals surface area contributed by atoms with Gasteiger partial charge in [0.2, 0.25) is 0 Å². The largest absolute Gasteiger partial charge is 0.0561 e. The Morgan fingerprint density at radius 3 is 2.02 bits per heavy atom. The van der Waals surface area contributed by atoms with Gasteiger partial charge in [-0.3, -0.25) is 0 Å². The average Bonchev–Trinajstić information content (AvgIpc) is 3.53. The summed E-state index contributed by atoms with van der Waals surface area (Å²) in [6, 6.07) is 32.5. The average molecular weight is 780 g/mol. The third-order valence-electron chi connectivity index (χ3n) is 10.2. The van der Waals surface area contributed by atoms with Crippen LogP contribution in [-0.4, -0.2) is 36.6 Å². The summed E-state index contributed by atoms with van der Waals surface area (Å²) in [4.78, 5) is 21.2. The van der Waals surface area contributed by atoms with Crippen LogP contribution in [0.15, 0.2) is 116 Å². The number of benzene rings is 3. The van der Waals surface area contributed by atoms with Gasteiger partial charge < -0.3 is 0 Å². The summed E-state index contributed by atoms with van der Waals surface area (Å²) in [5.74, 6) is 3.33.